The van der Waals surface area contributed by atoms with Crippen molar-refractivity contribution >= 4 is 27.2 Å². The molecule has 0 heterocycles. The predicted octanol–water partition coefficient (Wildman–Crippen LogP) is 1.84. The van der Waals surface area contributed by atoms with Crippen molar-refractivity contribution in [3.8, 4) is 0 Å². The van der Waals surface area contributed by atoms with E-state index in [-0.39, 0.29) is 23.5 Å². The Morgan fingerprint density at radius 1 is 1.35 bits per heavy atom. The molecule has 1 rings (SSSR count). The number of hydrogen-bond acceptors (Lipinski definition) is 3. The molecule has 9 heteroatoms. The quantitative estimate of drug-likeness (QED) is 0.783. The first-order valence-corrected chi connectivity index (χ1v) is 7.54. The van der Waals surface area contributed by atoms with Gasteiger partial charge in [0.15, 0.2) is 4.90 Å². The van der Waals surface area contributed by atoms with E-state index in [0.29, 0.717) is 6.42 Å². The highest BCUT2D eigenvalue weighted by Gasteiger charge is 2.28. The molecule has 0 fully saturated rings. The first kappa shape index (κ1) is 16.9. The molecule has 1 aromatic carbocycles. The van der Waals surface area contributed by atoms with Crippen LogP contribution in [0.1, 0.15) is 19.8 Å². The van der Waals surface area contributed by atoms with Gasteiger partial charge in [-0.1, -0.05) is 25.6 Å². The van der Waals surface area contributed by atoms with Crippen molar-refractivity contribution < 1.29 is 21.6 Å². The Kier molecular flexibility index (Phi) is 5.49. The standard InChI is InChI=1S/C11H13F3N2O2S2/c1-2-3-9(11(15)19)16-20(17,18)10-7(13)4-6(12)5-8(10)14/h4-5,9,16H,2-3H2,1H3,(H2,15,19). The van der Waals surface area contributed by atoms with Crippen LogP contribution >= 0.6 is 12.2 Å². The summed E-state index contributed by atoms with van der Waals surface area (Å²) < 4.78 is 65.6. The first-order valence-electron chi connectivity index (χ1n) is 5.65. The molecule has 1 unspecified atom stereocenters. The zero-order valence-electron chi connectivity index (χ0n) is 10.5. The summed E-state index contributed by atoms with van der Waals surface area (Å²) in [5.74, 6) is -4.25. The fourth-order valence-corrected chi connectivity index (χ4v) is 3.20. The molecule has 0 amide bonds. The number of halogens is 3. The number of thiocarbonyl (C=S) groups is 1. The average molecular weight is 326 g/mol. The molecule has 0 aromatic heterocycles. The van der Waals surface area contributed by atoms with Crippen molar-refractivity contribution in [3.05, 3.63) is 29.6 Å². The van der Waals surface area contributed by atoms with E-state index in [1.54, 1.807) is 6.92 Å². The van der Waals surface area contributed by atoms with Crippen LogP contribution in [-0.2, 0) is 10.0 Å². The third kappa shape index (κ3) is 3.90. The topological polar surface area (TPSA) is 72.2 Å². The van der Waals surface area contributed by atoms with Gasteiger partial charge in [0, 0.05) is 12.1 Å². The van der Waals surface area contributed by atoms with E-state index >= 15 is 0 Å². The largest absolute Gasteiger partial charge is 0.392 e. The normalized spacial score (nSPS) is 13.2. The van der Waals surface area contributed by atoms with Crippen LogP contribution in [0.25, 0.3) is 0 Å². The zero-order valence-corrected chi connectivity index (χ0v) is 12.1. The van der Waals surface area contributed by atoms with E-state index in [4.69, 9.17) is 18.0 Å². The maximum Gasteiger partial charge on any atom is 0.247 e. The molecular weight excluding hydrogens is 313 g/mol. The molecule has 0 radical (unpaired) electrons. The predicted molar refractivity (Wildman–Crippen MR) is 72.1 cm³/mol. The van der Waals surface area contributed by atoms with E-state index in [9.17, 15) is 21.6 Å². The number of rotatable bonds is 6. The molecular formula is C11H13F3N2O2S2. The summed E-state index contributed by atoms with van der Waals surface area (Å²) in [6.45, 7) is 1.76. The lowest BCUT2D eigenvalue weighted by Gasteiger charge is -2.17. The Labute approximate surface area is 120 Å². The Bertz CT molecular complexity index is 597. The lowest BCUT2D eigenvalue weighted by molar-refractivity contribution is 0.491. The van der Waals surface area contributed by atoms with Crippen molar-refractivity contribution in [2.45, 2.75) is 30.7 Å². The summed E-state index contributed by atoms with van der Waals surface area (Å²) in [7, 11) is -4.54. The highest BCUT2D eigenvalue weighted by Crippen LogP contribution is 2.20. The van der Waals surface area contributed by atoms with Crippen molar-refractivity contribution in [2.75, 3.05) is 0 Å². The van der Waals surface area contributed by atoms with Gasteiger partial charge in [0.2, 0.25) is 10.0 Å². The second-order valence-corrected chi connectivity index (χ2v) is 6.19. The second kappa shape index (κ2) is 6.51. The zero-order chi connectivity index (χ0) is 15.5. The van der Waals surface area contributed by atoms with Gasteiger partial charge in [-0.15, -0.1) is 0 Å². The number of sulfonamides is 1. The highest BCUT2D eigenvalue weighted by atomic mass is 32.2. The number of nitrogens with one attached hydrogen (secondary N) is 1. The maximum atomic E-state index is 13.5. The Balaban J connectivity index is 3.20. The summed E-state index contributed by atoms with van der Waals surface area (Å²) in [5.41, 5.74) is 5.37. The molecule has 3 N–H and O–H groups in total. The molecule has 0 bridgehead atoms. The van der Waals surface area contributed by atoms with Gasteiger partial charge in [0.05, 0.1) is 11.0 Å². The van der Waals surface area contributed by atoms with Crippen molar-refractivity contribution in [2.24, 2.45) is 5.73 Å². The van der Waals surface area contributed by atoms with E-state index in [2.05, 4.69) is 0 Å². The number of hydrogen-bond donors (Lipinski definition) is 2. The lowest BCUT2D eigenvalue weighted by Crippen LogP contribution is -2.43. The molecule has 112 valence electrons. The Hall–Kier alpha value is -1.19. The van der Waals surface area contributed by atoms with Crippen LogP contribution in [0.3, 0.4) is 0 Å². The van der Waals surface area contributed by atoms with Gasteiger partial charge < -0.3 is 5.73 Å². The molecule has 1 atom stereocenters. The molecule has 0 aliphatic rings. The molecule has 0 saturated heterocycles. The van der Waals surface area contributed by atoms with Gasteiger partial charge in [-0.3, -0.25) is 0 Å². The van der Waals surface area contributed by atoms with Crippen LogP contribution < -0.4 is 10.5 Å². The Morgan fingerprint density at radius 2 is 1.85 bits per heavy atom. The molecule has 20 heavy (non-hydrogen) atoms. The third-order valence-electron chi connectivity index (χ3n) is 2.45. The summed E-state index contributed by atoms with van der Waals surface area (Å²) in [6, 6.07) is -0.357. The van der Waals surface area contributed by atoms with Crippen molar-refractivity contribution in [3.63, 3.8) is 0 Å². The van der Waals surface area contributed by atoms with E-state index in [1.807, 2.05) is 4.72 Å². The van der Waals surface area contributed by atoms with Crippen molar-refractivity contribution in [1.29, 1.82) is 0 Å². The minimum atomic E-state index is -4.54. The summed E-state index contributed by atoms with van der Waals surface area (Å²) in [6.07, 6.45) is 0.831. The molecule has 1 aromatic rings. The van der Waals surface area contributed by atoms with E-state index in [0.717, 1.165) is 0 Å². The fourth-order valence-electron chi connectivity index (χ4n) is 1.58. The van der Waals surface area contributed by atoms with Crippen LogP contribution in [0.4, 0.5) is 13.2 Å². The highest BCUT2D eigenvalue weighted by molar-refractivity contribution is 7.89. The van der Waals surface area contributed by atoms with Crippen LogP contribution in [-0.4, -0.2) is 19.4 Å². The second-order valence-electron chi connectivity index (χ2n) is 4.06. The van der Waals surface area contributed by atoms with Gasteiger partial charge in [-0.25, -0.2) is 26.3 Å². The van der Waals surface area contributed by atoms with Gasteiger partial charge in [0.1, 0.15) is 17.5 Å². The fraction of sp³-hybridized carbons (Fsp3) is 0.364. The lowest BCUT2D eigenvalue weighted by atomic mass is 10.2. The molecule has 4 nitrogen and oxygen atoms in total. The average Bonchev–Trinajstić information content (AvgIpc) is 2.25. The number of benzene rings is 1. The van der Waals surface area contributed by atoms with Crippen LogP contribution in [0.2, 0.25) is 0 Å². The molecule has 0 aliphatic carbocycles. The summed E-state index contributed by atoms with van der Waals surface area (Å²) in [4.78, 5) is -1.39. The minimum Gasteiger partial charge on any atom is -0.392 e. The van der Waals surface area contributed by atoms with Crippen molar-refractivity contribution in [1.82, 2.24) is 4.72 Å². The summed E-state index contributed by atoms with van der Waals surface area (Å²) in [5, 5.41) is 0. The van der Waals surface area contributed by atoms with Gasteiger partial charge in [-0.05, 0) is 6.42 Å². The van der Waals surface area contributed by atoms with Crippen LogP contribution in [0.15, 0.2) is 17.0 Å². The SMILES string of the molecule is CCCC(NS(=O)(=O)c1c(F)cc(F)cc1F)C(N)=S. The minimum absolute atomic E-state index is 0.140. The van der Waals surface area contributed by atoms with Gasteiger partial charge in [0.25, 0.3) is 0 Å². The summed E-state index contributed by atoms with van der Waals surface area (Å²) >= 11 is 4.69. The van der Waals surface area contributed by atoms with Crippen LogP contribution in [0, 0.1) is 17.5 Å². The molecule has 0 spiro atoms. The van der Waals surface area contributed by atoms with E-state index in [1.165, 1.54) is 0 Å². The number of nitrogens with two attached hydrogens (primary N) is 1. The molecule has 0 saturated carbocycles. The smallest absolute Gasteiger partial charge is 0.247 e. The first-order chi connectivity index (χ1) is 9.19. The monoisotopic (exact) mass is 326 g/mol. The van der Waals surface area contributed by atoms with E-state index < -0.39 is 38.4 Å². The van der Waals surface area contributed by atoms with Gasteiger partial charge >= 0.3 is 0 Å². The maximum absolute atomic E-state index is 13.5. The Morgan fingerprint density at radius 3 is 2.25 bits per heavy atom. The third-order valence-corrected chi connectivity index (χ3v) is 4.26. The molecule has 0 aliphatic heterocycles. The van der Waals surface area contributed by atoms with Crippen LogP contribution in [0.5, 0.6) is 0 Å². The van der Waals surface area contributed by atoms with Gasteiger partial charge in [-0.2, -0.15) is 0 Å².